The maximum absolute atomic E-state index is 9.91. The summed E-state index contributed by atoms with van der Waals surface area (Å²) < 4.78 is 49.1. The van der Waals surface area contributed by atoms with E-state index in [9.17, 15) is 5.11 Å². The second-order valence-corrected chi connectivity index (χ2v) is 14.2. The summed E-state index contributed by atoms with van der Waals surface area (Å²) in [6.45, 7) is 13.3. The Morgan fingerprint density at radius 2 is 1.45 bits per heavy atom. The minimum Gasteiger partial charge on any atom is -0.488 e. The van der Waals surface area contributed by atoms with Crippen LogP contribution in [0.3, 0.4) is 0 Å². The Bertz CT molecular complexity index is 2070. The molecule has 7 rings (SSSR count). The van der Waals surface area contributed by atoms with Crippen molar-refractivity contribution in [2.45, 2.75) is 91.2 Å². The van der Waals surface area contributed by atoms with Gasteiger partial charge in [0.15, 0.2) is 0 Å². The van der Waals surface area contributed by atoms with Crippen molar-refractivity contribution in [1.82, 2.24) is 0 Å². The fourth-order valence-electron chi connectivity index (χ4n) is 6.68. The van der Waals surface area contributed by atoms with Gasteiger partial charge in [0.2, 0.25) is 6.29 Å². The molecule has 1 spiro atoms. The van der Waals surface area contributed by atoms with Gasteiger partial charge in [-0.25, -0.2) is 0 Å². The van der Waals surface area contributed by atoms with Gasteiger partial charge in [-0.1, -0.05) is 22.8 Å². The number of rotatable bonds is 12. The SMILES string of the molecule is CC(C)=CCC/C(C)=C/COc1c2c(cc3occc13)OC1(C=C2)O[C@H](CC/C(C)=C/COc2c3c(cc4occc24)OC(O)C=C3)C(C)(C)O1. The normalized spacial score (nSPS) is 22.2. The monoisotopic (exact) mass is 694 g/mol. The van der Waals surface area contributed by atoms with Crippen LogP contribution in [-0.2, 0) is 9.47 Å². The smallest absolute Gasteiger partial charge is 0.350 e. The lowest BCUT2D eigenvalue weighted by Gasteiger charge is -2.30. The lowest BCUT2D eigenvalue weighted by Crippen LogP contribution is -2.38. The quantitative estimate of drug-likeness (QED) is 0.145. The average molecular weight is 695 g/mol. The third-order valence-electron chi connectivity index (χ3n) is 9.50. The van der Waals surface area contributed by atoms with Gasteiger partial charge in [-0.15, -0.1) is 0 Å². The van der Waals surface area contributed by atoms with Crippen molar-refractivity contribution in [3.05, 3.63) is 95.0 Å². The van der Waals surface area contributed by atoms with Gasteiger partial charge >= 0.3 is 5.97 Å². The third-order valence-corrected chi connectivity index (χ3v) is 9.50. The Balaban J connectivity index is 1.00. The largest absolute Gasteiger partial charge is 0.488 e. The van der Waals surface area contributed by atoms with Crippen LogP contribution in [0.5, 0.6) is 23.0 Å². The van der Waals surface area contributed by atoms with Crippen LogP contribution in [0.4, 0.5) is 0 Å². The summed E-state index contributed by atoms with van der Waals surface area (Å²) in [4.78, 5) is 0. The second kappa shape index (κ2) is 14.1. The standard InChI is InChI=1S/C42H46O9/c1-26(2)8-7-9-27(3)15-20-47-40-30-14-19-42(49-36(30)25-34-32(40)18-23-45-34)50-37(41(5,6)51-42)12-10-28(4)16-21-46-39-29-11-13-38(43)48-35(29)24-33-31(39)17-22-44-33/h8,11,13-19,22-25,37-38,43H,7,9-10,12,20-21H2,1-6H3/b27-15+,28-16+/t37-,38?,42?/m1/s1. The van der Waals surface area contributed by atoms with Crippen molar-refractivity contribution in [2.75, 3.05) is 13.2 Å². The van der Waals surface area contributed by atoms with Gasteiger partial charge in [0.1, 0.15) is 47.4 Å². The molecule has 3 aliphatic rings. The maximum Gasteiger partial charge on any atom is 0.350 e. The third kappa shape index (κ3) is 7.38. The summed E-state index contributed by atoms with van der Waals surface area (Å²) in [5, 5.41) is 11.6. The van der Waals surface area contributed by atoms with Gasteiger partial charge in [-0.05, 0) is 110 Å². The second-order valence-electron chi connectivity index (χ2n) is 14.2. The number of aliphatic hydroxyl groups is 1. The molecule has 2 unspecified atom stereocenters. The van der Waals surface area contributed by atoms with Crippen LogP contribution < -0.4 is 18.9 Å². The molecule has 0 amide bonds. The topological polar surface area (TPSA) is 102 Å². The molecule has 2 aromatic heterocycles. The van der Waals surface area contributed by atoms with Crippen molar-refractivity contribution in [1.29, 1.82) is 0 Å². The summed E-state index contributed by atoms with van der Waals surface area (Å²) in [7, 11) is 0. The number of hydrogen-bond acceptors (Lipinski definition) is 9. The predicted octanol–water partition coefficient (Wildman–Crippen LogP) is 10.0. The zero-order valence-electron chi connectivity index (χ0n) is 30.1. The van der Waals surface area contributed by atoms with Gasteiger partial charge < -0.3 is 42.4 Å². The van der Waals surface area contributed by atoms with E-state index in [1.807, 2.05) is 50.3 Å². The Morgan fingerprint density at radius 3 is 2.12 bits per heavy atom. The Morgan fingerprint density at radius 1 is 0.824 bits per heavy atom. The molecular formula is C42H46O9. The number of aliphatic hydroxyl groups excluding tert-OH is 1. The van der Waals surface area contributed by atoms with E-state index in [1.165, 1.54) is 11.1 Å². The summed E-state index contributed by atoms with van der Waals surface area (Å²) in [5.74, 6) is 1.09. The van der Waals surface area contributed by atoms with E-state index in [0.717, 1.165) is 46.7 Å². The molecule has 5 heterocycles. The molecule has 3 aliphatic heterocycles. The average Bonchev–Trinajstić information content (AvgIpc) is 3.80. The number of benzene rings is 2. The van der Waals surface area contributed by atoms with Crippen molar-refractivity contribution in [3.63, 3.8) is 0 Å². The van der Waals surface area contributed by atoms with E-state index in [1.54, 1.807) is 24.7 Å². The molecule has 1 N–H and O–H groups in total. The van der Waals surface area contributed by atoms with Crippen LogP contribution in [0.2, 0.25) is 0 Å². The molecule has 2 aromatic carbocycles. The van der Waals surface area contributed by atoms with E-state index in [0.29, 0.717) is 53.8 Å². The van der Waals surface area contributed by atoms with Gasteiger partial charge in [0.25, 0.3) is 0 Å². The number of furan rings is 2. The zero-order valence-corrected chi connectivity index (χ0v) is 30.1. The highest BCUT2D eigenvalue weighted by molar-refractivity contribution is 5.92. The van der Waals surface area contributed by atoms with Gasteiger partial charge in [-0.3, -0.25) is 0 Å². The Kier molecular flexibility index (Phi) is 9.63. The van der Waals surface area contributed by atoms with Crippen molar-refractivity contribution < 1.29 is 42.4 Å². The van der Waals surface area contributed by atoms with Crippen LogP contribution in [0.25, 0.3) is 34.1 Å². The van der Waals surface area contributed by atoms with Crippen LogP contribution in [-0.4, -0.2) is 42.3 Å². The molecular weight excluding hydrogens is 648 g/mol. The molecule has 1 fully saturated rings. The molecule has 1 saturated heterocycles. The maximum atomic E-state index is 9.91. The lowest BCUT2D eigenvalue weighted by molar-refractivity contribution is -0.270. The molecule has 268 valence electrons. The molecule has 9 heteroatoms. The Hall–Kier alpha value is -4.70. The van der Waals surface area contributed by atoms with Crippen molar-refractivity contribution in [2.24, 2.45) is 0 Å². The fourth-order valence-corrected chi connectivity index (χ4v) is 6.68. The highest BCUT2D eigenvalue weighted by Crippen LogP contribution is 2.48. The first-order valence-electron chi connectivity index (χ1n) is 17.6. The lowest BCUT2D eigenvalue weighted by atomic mass is 9.96. The van der Waals surface area contributed by atoms with Crippen molar-refractivity contribution >= 4 is 34.1 Å². The summed E-state index contributed by atoms with van der Waals surface area (Å²) in [5.41, 5.74) is 6.04. The van der Waals surface area contributed by atoms with Gasteiger partial charge in [-0.2, -0.15) is 0 Å². The van der Waals surface area contributed by atoms with Crippen LogP contribution >= 0.6 is 0 Å². The first-order valence-corrected chi connectivity index (χ1v) is 17.6. The highest BCUT2D eigenvalue weighted by Gasteiger charge is 2.54. The number of fused-ring (bicyclic) bond motifs is 4. The molecule has 3 atom stereocenters. The van der Waals surface area contributed by atoms with E-state index in [4.69, 9.17) is 37.3 Å². The number of ether oxygens (including phenoxy) is 6. The Labute approximate surface area is 298 Å². The predicted molar refractivity (Wildman–Crippen MR) is 197 cm³/mol. The van der Waals surface area contributed by atoms with E-state index in [-0.39, 0.29) is 6.10 Å². The molecule has 51 heavy (non-hydrogen) atoms. The fraction of sp³-hybridized carbons (Fsp3) is 0.381. The molecule has 0 radical (unpaired) electrons. The van der Waals surface area contributed by atoms with Crippen molar-refractivity contribution in [3.8, 4) is 23.0 Å². The minimum atomic E-state index is -1.37. The summed E-state index contributed by atoms with van der Waals surface area (Å²) in [6, 6.07) is 7.43. The van der Waals surface area contributed by atoms with Gasteiger partial charge in [0.05, 0.1) is 46.1 Å². The van der Waals surface area contributed by atoms with Crippen LogP contribution in [0.1, 0.15) is 78.4 Å². The molecule has 9 nitrogen and oxygen atoms in total. The number of allylic oxidation sites excluding steroid dienone is 4. The van der Waals surface area contributed by atoms with Gasteiger partial charge in [0, 0.05) is 18.2 Å². The molecule has 0 bridgehead atoms. The van der Waals surface area contributed by atoms with E-state index < -0.39 is 17.9 Å². The van der Waals surface area contributed by atoms with Crippen LogP contribution in [0, 0.1) is 0 Å². The molecule has 4 aromatic rings. The van der Waals surface area contributed by atoms with E-state index >= 15 is 0 Å². The number of hydrogen-bond donors (Lipinski definition) is 1. The zero-order chi connectivity index (χ0) is 35.8. The highest BCUT2D eigenvalue weighted by atomic mass is 16.9. The molecule has 0 saturated carbocycles. The minimum absolute atomic E-state index is 0.240. The van der Waals surface area contributed by atoms with Crippen LogP contribution in [0.15, 0.2) is 92.7 Å². The van der Waals surface area contributed by atoms with E-state index in [2.05, 4.69) is 45.9 Å². The summed E-state index contributed by atoms with van der Waals surface area (Å²) >= 11 is 0. The first kappa shape index (κ1) is 34.7. The molecule has 0 aliphatic carbocycles. The first-order chi connectivity index (χ1) is 24.5. The summed E-state index contributed by atoms with van der Waals surface area (Å²) in [6.07, 6.45) is 19.2.